The van der Waals surface area contributed by atoms with Crippen LogP contribution in [0, 0.1) is 5.82 Å². The van der Waals surface area contributed by atoms with E-state index in [9.17, 15) is 9.18 Å². The van der Waals surface area contributed by atoms with Gasteiger partial charge in [-0.3, -0.25) is 4.79 Å². The Balaban J connectivity index is 2.63. The summed E-state index contributed by atoms with van der Waals surface area (Å²) in [4.78, 5) is 17.8. The van der Waals surface area contributed by atoms with E-state index in [1.165, 1.54) is 0 Å². The molecule has 15 heavy (non-hydrogen) atoms. The smallest absolute Gasteiger partial charge is 0.254 e. The van der Waals surface area contributed by atoms with Crippen molar-refractivity contribution in [1.29, 1.82) is 0 Å². The molecule has 0 aliphatic rings. The summed E-state index contributed by atoms with van der Waals surface area (Å²) in [7, 11) is 2.07. The van der Waals surface area contributed by atoms with Gasteiger partial charge < -0.3 is 0 Å². The predicted molar refractivity (Wildman–Crippen MR) is 59.5 cm³/mol. The van der Waals surface area contributed by atoms with E-state index in [0.717, 1.165) is 26.7 Å². The van der Waals surface area contributed by atoms with Gasteiger partial charge in [0, 0.05) is 0 Å². The van der Waals surface area contributed by atoms with Gasteiger partial charge in [-0.05, 0) is 16.4 Å². The number of pyridine rings is 1. The SMILES string of the molecule is O=c1nc(-c2cc(F)c(Cl)nc2Cl)ss1. The normalized spacial score (nSPS) is 10.6. The van der Waals surface area contributed by atoms with E-state index >= 15 is 0 Å². The molecule has 0 unspecified atom stereocenters. The standard InChI is InChI=1S/C7HCl2FN2OS2/c8-4-2(1-3(10)5(9)11-4)6-12-7(13)15-14-6/h1H. The molecule has 2 aromatic heterocycles. The monoisotopic (exact) mass is 282 g/mol. The van der Waals surface area contributed by atoms with Crippen LogP contribution in [0.1, 0.15) is 0 Å². The van der Waals surface area contributed by atoms with Gasteiger partial charge in [-0.2, -0.15) is 4.98 Å². The van der Waals surface area contributed by atoms with Crippen LogP contribution in [0.25, 0.3) is 10.6 Å². The van der Waals surface area contributed by atoms with E-state index in [4.69, 9.17) is 23.2 Å². The molecule has 0 atom stereocenters. The molecule has 0 spiro atoms. The molecule has 2 heterocycles. The first-order valence-electron chi connectivity index (χ1n) is 3.57. The van der Waals surface area contributed by atoms with Gasteiger partial charge in [-0.25, -0.2) is 9.37 Å². The molecule has 0 saturated carbocycles. The number of rotatable bonds is 1. The topological polar surface area (TPSA) is 42.9 Å². The fraction of sp³-hybridized carbons (Fsp3) is 0. The molecule has 3 nitrogen and oxygen atoms in total. The summed E-state index contributed by atoms with van der Waals surface area (Å²) >= 11 is 11.2. The minimum absolute atomic E-state index is 0.0305. The van der Waals surface area contributed by atoms with Gasteiger partial charge in [0.2, 0.25) is 0 Å². The Morgan fingerprint density at radius 1 is 1.20 bits per heavy atom. The van der Waals surface area contributed by atoms with E-state index in [1.807, 2.05) is 0 Å². The van der Waals surface area contributed by atoms with Crippen molar-refractivity contribution in [1.82, 2.24) is 9.97 Å². The van der Waals surface area contributed by atoms with Crippen LogP contribution in [-0.2, 0) is 0 Å². The predicted octanol–water partition coefficient (Wildman–Crippen LogP) is 3.07. The van der Waals surface area contributed by atoms with Crippen LogP contribution < -0.4 is 4.87 Å². The zero-order valence-electron chi connectivity index (χ0n) is 6.83. The molecule has 2 aromatic rings. The molecule has 2 rings (SSSR count). The second-order valence-corrected chi connectivity index (χ2v) is 5.23. The molecule has 0 N–H and O–H groups in total. The molecule has 0 saturated heterocycles. The molecule has 0 bridgehead atoms. The lowest BCUT2D eigenvalue weighted by Gasteiger charge is -2.00. The zero-order chi connectivity index (χ0) is 11.0. The number of hydrogen-bond donors (Lipinski definition) is 0. The zero-order valence-corrected chi connectivity index (χ0v) is 9.98. The lowest BCUT2D eigenvalue weighted by molar-refractivity contribution is 0.622. The number of nitrogens with zero attached hydrogens (tertiary/aromatic N) is 2. The third kappa shape index (κ3) is 2.17. The van der Waals surface area contributed by atoms with E-state index in [2.05, 4.69) is 9.97 Å². The summed E-state index contributed by atoms with van der Waals surface area (Å²) < 4.78 is 13.1. The van der Waals surface area contributed by atoms with Crippen LogP contribution in [0.15, 0.2) is 10.9 Å². The lowest BCUT2D eigenvalue weighted by atomic mass is 10.3. The fourth-order valence-electron chi connectivity index (χ4n) is 0.896. The van der Waals surface area contributed by atoms with Gasteiger partial charge >= 0.3 is 4.87 Å². The van der Waals surface area contributed by atoms with Crippen LogP contribution in [0.5, 0.6) is 0 Å². The fourth-order valence-corrected chi connectivity index (χ4v) is 3.01. The first-order chi connectivity index (χ1) is 7.08. The second-order valence-electron chi connectivity index (χ2n) is 2.45. The number of aromatic nitrogens is 2. The van der Waals surface area contributed by atoms with Crippen LogP contribution in [0.2, 0.25) is 10.3 Å². The van der Waals surface area contributed by atoms with Crippen LogP contribution in [0.3, 0.4) is 0 Å². The lowest BCUT2D eigenvalue weighted by Crippen LogP contribution is -1.94. The van der Waals surface area contributed by atoms with Crippen molar-refractivity contribution in [2.45, 2.75) is 0 Å². The quantitative estimate of drug-likeness (QED) is 0.596. The molecule has 0 aliphatic heterocycles. The summed E-state index contributed by atoms with van der Waals surface area (Å²) in [5, 5.41) is 0.0762. The molecule has 0 aliphatic carbocycles. The molecule has 0 aromatic carbocycles. The highest BCUT2D eigenvalue weighted by Gasteiger charge is 2.13. The van der Waals surface area contributed by atoms with Crippen LogP contribution >= 0.6 is 43.9 Å². The molecular weight excluding hydrogens is 282 g/mol. The number of hydrogen-bond acceptors (Lipinski definition) is 5. The van der Waals surface area contributed by atoms with Crippen molar-refractivity contribution < 1.29 is 4.39 Å². The molecule has 0 fully saturated rings. The first-order valence-corrected chi connectivity index (χ1v) is 6.47. The first kappa shape index (κ1) is 10.9. The van der Waals surface area contributed by atoms with Gasteiger partial charge in [0.05, 0.1) is 5.56 Å². The van der Waals surface area contributed by atoms with Crippen molar-refractivity contribution in [3.8, 4) is 10.6 Å². The minimum Gasteiger partial charge on any atom is -0.254 e. The third-order valence-corrected chi connectivity index (χ3v) is 3.99. The van der Waals surface area contributed by atoms with Gasteiger partial charge in [0.1, 0.15) is 10.2 Å². The summed E-state index contributed by atoms with van der Waals surface area (Å²) in [6.45, 7) is 0. The van der Waals surface area contributed by atoms with E-state index in [0.29, 0.717) is 5.01 Å². The van der Waals surface area contributed by atoms with E-state index in [1.54, 1.807) is 0 Å². The molecule has 0 radical (unpaired) electrons. The Morgan fingerprint density at radius 3 is 2.53 bits per heavy atom. The van der Waals surface area contributed by atoms with Gasteiger partial charge in [0.25, 0.3) is 0 Å². The summed E-state index contributed by atoms with van der Waals surface area (Å²) in [5.74, 6) is -0.691. The van der Waals surface area contributed by atoms with Gasteiger partial charge in [-0.1, -0.05) is 33.5 Å². The van der Waals surface area contributed by atoms with Crippen LogP contribution in [-0.4, -0.2) is 9.97 Å². The van der Waals surface area contributed by atoms with Crippen molar-refractivity contribution in [2.24, 2.45) is 0 Å². The van der Waals surface area contributed by atoms with Gasteiger partial charge in [0.15, 0.2) is 11.0 Å². The molecular formula is C7HCl2FN2OS2. The highest BCUT2D eigenvalue weighted by Crippen LogP contribution is 2.30. The Morgan fingerprint density at radius 2 is 1.93 bits per heavy atom. The number of halogens is 3. The van der Waals surface area contributed by atoms with E-state index < -0.39 is 5.82 Å². The Bertz CT molecular complexity index is 568. The average molecular weight is 283 g/mol. The largest absolute Gasteiger partial charge is 0.337 e. The Hall–Kier alpha value is -0.560. The van der Waals surface area contributed by atoms with Crippen molar-refractivity contribution in [3.05, 3.63) is 31.9 Å². The maximum absolute atomic E-state index is 13.1. The maximum atomic E-state index is 13.1. The van der Waals surface area contributed by atoms with Crippen LogP contribution in [0.4, 0.5) is 4.39 Å². The highest BCUT2D eigenvalue weighted by molar-refractivity contribution is 7.69. The molecule has 8 heteroatoms. The Labute approximate surface area is 101 Å². The third-order valence-electron chi connectivity index (χ3n) is 1.50. The molecule has 78 valence electrons. The van der Waals surface area contributed by atoms with E-state index in [-0.39, 0.29) is 20.7 Å². The Kier molecular flexibility index (Phi) is 3.01. The summed E-state index contributed by atoms with van der Waals surface area (Å²) in [5.41, 5.74) is 0.280. The van der Waals surface area contributed by atoms with Gasteiger partial charge in [-0.15, -0.1) is 0 Å². The van der Waals surface area contributed by atoms with Crippen molar-refractivity contribution in [2.75, 3.05) is 0 Å². The van der Waals surface area contributed by atoms with Crippen molar-refractivity contribution >= 4 is 43.9 Å². The summed E-state index contributed by atoms with van der Waals surface area (Å²) in [6, 6.07) is 1.11. The second kappa shape index (κ2) is 4.13. The molecule has 0 amide bonds. The highest BCUT2D eigenvalue weighted by atomic mass is 35.5. The minimum atomic E-state index is -0.691. The van der Waals surface area contributed by atoms with Crippen molar-refractivity contribution in [3.63, 3.8) is 0 Å². The maximum Gasteiger partial charge on any atom is 0.337 e. The average Bonchev–Trinajstić information content (AvgIpc) is 2.58. The summed E-state index contributed by atoms with van der Waals surface area (Å²) in [6.07, 6.45) is 0.